The number of nitrogens with zero attached hydrogens (tertiary/aromatic N) is 2. The summed E-state index contributed by atoms with van der Waals surface area (Å²) in [5.41, 5.74) is 0.752. The third-order valence-electron chi connectivity index (χ3n) is 2.64. The minimum Gasteiger partial charge on any atom is -0.430 e. The average Bonchev–Trinajstić information content (AvgIpc) is 2.64. The minimum atomic E-state index is -0.905. The second-order valence-corrected chi connectivity index (χ2v) is 4.41. The number of rotatable bonds is 2. The first-order valence-corrected chi connectivity index (χ1v) is 5.67. The van der Waals surface area contributed by atoms with Gasteiger partial charge < -0.3 is 4.74 Å². The van der Waals surface area contributed by atoms with Crippen LogP contribution in [0.5, 0.6) is 0 Å². The van der Waals surface area contributed by atoms with Crippen molar-refractivity contribution >= 4 is 17.6 Å². The number of hydrogen-bond acceptors (Lipinski definition) is 4. The molecule has 0 aliphatic carbocycles. The minimum absolute atomic E-state index is 0.403. The Labute approximate surface area is 106 Å². The Morgan fingerprint density at radius 3 is 2.56 bits per heavy atom. The molecule has 1 unspecified atom stereocenters. The van der Waals surface area contributed by atoms with Crippen LogP contribution in [-0.4, -0.2) is 17.6 Å². The Morgan fingerprint density at radius 1 is 1.28 bits per heavy atom. The summed E-state index contributed by atoms with van der Waals surface area (Å²) < 4.78 is 5.33. The van der Waals surface area contributed by atoms with Gasteiger partial charge in [0.2, 0.25) is 0 Å². The summed E-state index contributed by atoms with van der Waals surface area (Å²) in [7, 11) is 0. The molecule has 1 fully saturated rings. The van der Waals surface area contributed by atoms with Gasteiger partial charge in [0, 0.05) is 11.3 Å². The molecule has 1 aromatic carbocycles. The van der Waals surface area contributed by atoms with Crippen LogP contribution < -0.4 is 5.32 Å². The van der Waals surface area contributed by atoms with Gasteiger partial charge in [0.1, 0.15) is 0 Å². The van der Waals surface area contributed by atoms with Gasteiger partial charge >= 0.3 is 6.09 Å². The fraction of sp³-hybridized carbons (Fsp3) is 0.308. The number of cyclic esters (lactones) is 1. The van der Waals surface area contributed by atoms with E-state index in [2.05, 4.69) is 15.5 Å². The van der Waals surface area contributed by atoms with Gasteiger partial charge in [-0.25, -0.2) is 4.79 Å². The Bertz CT molecular complexity index is 518. The zero-order valence-electron chi connectivity index (χ0n) is 10.6. The topological polar surface area (TPSA) is 63.0 Å². The van der Waals surface area contributed by atoms with Gasteiger partial charge in [-0.2, -0.15) is 5.10 Å². The molecule has 1 N–H and O–H groups in total. The number of benzene rings is 1. The number of carbonyl (C=O) groups is 1. The zero-order valence-corrected chi connectivity index (χ0v) is 10.6. The quantitative estimate of drug-likeness (QED) is 0.642. The lowest BCUT2D eigenvalue weighted by atomic mass is 9.95. The van der Waals surface area contributed by atoms with Gasteiger partial charge in [0.05, 0.1) is 0 Å². The second kappa shape index (κ2) is 4.60. The molecular weight excluding hydrogens is 230 g/mol. The van der Waals surface area contributed by atoms with E-state index in [4.69, 9.17) is 4.74 Å². The molecule has 1 aliphatic rings. The molecule has 1 aromatic rings. The van der Waals surface area contributed by atoms with Crippen molar-refractivity contribution in [3.05, 3.63) is 35.9 Å². The Morgan fingerprint density at radius 2 is 1.94 bits per heavy atom. The third kappa shape index (κ3) is 2.25. The molecule has 1 aliphatic heterocycles. The van der Waals surface area contributed by atoms with Gasteiger partial charge in [-0.15, -0.1) is 5.10 Å². The highest BCUT2D eigenvalue weighted by Gasteiger charge is 2.44. The highest BCUT2D eigenvalue weighted by atomic mass is 16.6. The van der Waals surface area contributed by atoms with Crippen LogP contribution in [0.15, 0.2) is 40.5 Å². The number of alkyl carbamates (subject to hydrolysis) is 1. The Kier molecular flexibility index (Phi) is 3.14. The molecule has 5 nitrogen and oxygen atoms in total. The van der Waals surface area contributed by atoms with Crippen LogP contribution in [0.3, 0.4) is 0 Å². The van der Waals surface area contributed by atoms with Crippen molar-refractivity contribution in [1.29, 1.82) is 0 Å². The average molecular weight is 245 g/mol. The predicted octanol–water partition coefficient (Wildman–Crippen LogP) is 2.44. The first-order valence-electron chi connectivity index (χ1n) is 5.67. The fourth-order valence-electron chi connectivity index (χ4n) is 1.70. The fourth-order valence-corrected chi connectivity index (χ4v) is 1.70. The SMILES string of the molecule is CC(C)=N/N=C1\NC(=O)OC1(C)c1ccccc1. The summed E-state index contributed by atoms with van der Waals surface area (Å²) in [6.45, 7) is 5.46. The maximum atomic E-state index is 11.4. The number of amides is 1. The van der Waals surface area contributed by atoms with Crippen molar-refractivity contribution < 1.29 is 9.53 Å². The summed E-state index contributed by atoms with van der Waals surface area (Å²) in [4.78, 5) is 11.4. The smallest absolute Gasteiger partial charge is 0.414 e. The van der Waals surface area contributed by atoms with E-state index in [0.29, 0.717) is 5.84 Å². The normalized spacial score (nSPS) is 24.6. The molecule has 94 valence electrons. The van der Waals surface area contributed by atoms with E-state index in [0.717, 1.165) is 11.3 Å². The molecule has 0 saturated carbocycles. The first-order chi connectivity index (χ1) is 8.52. The predicted molar refractivity (Wildman–Crippen MR) is 69.6 cm³/mol. The van der Waals surface area contributed by atoms with Crippen LogP contribution in [0, 0.1) is 0 Å². The van der Waals surface area contributed by atoms with Crippen LogP contribution in [0.25, 0.3) is 0 Å². The summed E-state index contributed by atoms with van der Waals surface area (Å²) in [5.74, 6) is 0.403. The molecule has 5 heteroatoms. The van der Waals surface area contributed by atoms with E-state index < -0.39 is 11.7 Å². The van der Waals surface area contributed by atoms with Crippen LogP contribution in [0.2, 0.25) is 0 Å². The summed E-state index contributed by atoms with van der Waals surface area (Å²) >= 11 is 0. The molecular formula is C13H15N3O2. The van der Waals surface area contributed by atoms with Crippen LogP contribution in [-0.2, 0) is 10.3 Å². The standard InChI is InChI=1S/C13H15N3O2/c1-9(2)15-16-11-13(3,18-12(17)14-11)10-7-5-4-6-8-10/h4-8H,1-3H3,(H,14,16,17). The van der Waals surface area contributed by atoms with Crippen LogP contribution in [0.1, 0.15) is 26.3 Å². The number of carbonyl (C=O) groups excluding carboxylic acids is 1. The third-order valence-corrected chi connectivity index (χ3v) is 2.64. The van der Waals surface area contributed by atoms with E-state index in [1.165, 1.54) is 0 Å². The van der Waals surface area contributed by atoms with Crippen molar-refractivity contribution in [1.82, 2.24) is 5.32 Å². The molecule has 1 atom stereocenters. The number of nitrogens with one attached hydrogen (secondary N) is 1. The van der Waals surface area contributed by atoms with Crippen molar-refractivity contribution in [2.45, 2.75) is 26.4 Å². The molecule has 1 amide bonds. The monoisotopic (exact) mass is 245 g/mol. The lowest BCUT2D eigenvalue weighted by Crippen LogP contribution is -2.33. The molecule has 2 rings (SSSR count). The number of ether oxygens (including phenoxy) is 1. The van der Waals surface area contributed by atoms with E-state index in [-0.39, 0.29) is 0 Å². The maximum Gasteiger partial charge on any atom is 0.414 e. The molecule has 0 radical (unpaired) electrons. The van der Waals surface area contributed by atoms with Crippen molar-refractivity contribution in [2.75, 3.05) is 0 Å². The molecule has 18 heavy (non-hydrogen) atoms. The molecule has 1 heterocycles. The number of hydrogen-bond donors (Lipinski definition) is 1. The Balaban J connectivity index is 2.44. The van der Waals surface area contributed by atoms with Crippen molar-refractivity contribution in [3.63, 3.8) is 0 Å². The van der Waals surface area contributed by atoms with Crippen molar-refractivity contribution in [2.24, 2.45) is 10.2 Å². The van der Waals surface area contributed by atoms with E-state index in [1.54, 1.807) is 6.92 Å². The lowest BCUT2D eigenvalue weighted by Gasteiger charge is -2.21. The first kappa shape index (κ1) is 12.3. The van der Waals surface area contributed by atoms with E-state index >= 15 is 0 Å². The Hall–Kier alpha value is -2.17. The van der Waals surface area contributed by atoms with Gasteiger partial charge in [0.25, 0.3) is 0 Å². The van der Waals surface area contributed by atoms with Gasteiger partial charge in [-0.05, 0) is 20.8 Å². The second-order valence-electron chi connectivity index (χ2n) is 4.41. The van der Waals surface area contributed by atoms with Crippen LogP contribution >= 0.6 is 0 Å². The molecule has 0 spiro atoms. The summed E-state index contributed by atoms with van der Waals surface area (Å²) in [5, 5.41) is 10.6. The highest BCUT2D eigenvalue weighted by molar-refractivity contribution is 6.06. The van der Waals surface area contributed by atoms with E-state index in [1.807, 2.05) is 44.2 Å². The number of amidine groups is 1. The van der Waals surface area contributed by atoms with Crippen LogP contribution in [0.4, 0.5) is 4.79 Å². The zero-order chi connectivity index (χ0) is 13.2. The summed E-state index contributed by atoms with van der Waals surface area (Å²) in [6.07, 6.45) is -0.510. The molecule has 0 bridgehead atoms. The largest absolute Gasteiger partial charge is 0.430 e. The highest BCUT2D eigenvalue weighted by Crippen LogP contribution is 2.30. The van der Waals surface area contributed by atoms with Gasteiger partial charge in [-0.3, -0.25) is 5.32 Å². The maximum absolute atomic E-state index is 11.4. The van der Waals surface area contributed by atoms with Gasteiger partial charge in [-0.1, -0.05) is 30.3 Å². The van der Waals surface area contributed by atoms with Crippen molar-refractivity contribution in [3.8, 4) is 0 Å². The van der Waals surface area contributed by atoms with Gasteiger partial charge in [0.15, 0.2) is 11.4 Å². The molecule has 1 saturated heterocycles. The van der Waals surface area contributed by atoms with E-state index in [9.17, 15) is 4.79 Å². The lowest BCUT2D eigenvalue weighted by molar-refractivity contribution is 0.0960. The summed E-state index contributed by atoms with van der Waals surface area (Å²) in [6, 6.07) is 9.45. The molecule has 0 aromatic heterocycles.